The van der Waals surface area contributed by atoms with Crippen LogP contribution in [0, 0.1) is 5.92 Å². The van der Waals surface area contributed by atoms with Gasteiger partial charge in [0.05, 0.1) is 24.4 Å². The lowest BCUT2D eigenvalue weighted by Gasteiger charge is -2.08. The number of nitrogens with one attached hydrogen (secondary N) is 1. The van der Waals surface area contributed by atoms with Crippen LogP contribution in [-0.2, 0) is 9.53 Å². The van der Waals surface area contributed by atoms with Crippen LogP contribution in [0.15, 0.2) is 18.3 Å². The van der Waals surface area contributed by atoms with Crippen LogP contribution < -0.4 is 11.1 Å². The number of pyridine rings is 1. The van der Waals surface area contributed by atoms with E-state index in [1.807, 2.05) is 0 Å². The Morgan fingerprint density at radius 2 is 2.47 bits per heavy atom. The van der Waals surface area contributed by atoms with Gasteiger partial charge in [0, 0.05) is 6.61 Å². The zero-order chi connectivity index (χ0) is 10.7. The normalized spacial score (nSPS) is 20.1. The molecule has 1 unspecified atom stereocenters. The lowest BCUT2D eigenvalue weighted by molar-refractivity contribution is -0.119. The molecule has 3 N–H and O–H groups in total. The number of nitrogens with zero attached hydrogens (tertiary/aromatic N) is 1. The summed E-state index contributed by atoms with van der Waals surface area (Å²) in [5.74, 6) is 0.440. The third-order valence-corrected chi connectivity index (χ3v) is 2.34. The van der Waals surface area contributed by atoms with Gasteiger partial charge in [-0.15, -0.1) is 0 Å². The van der Waals surface area contributed by atoms with Crippen LogP contribution in [0.25, 0.3) is 0 Å². The van der Waals surface area contributed by atoms with Gasteiger partial charge in [0.15, 0.2) is 0 Å². The standard InChI is InChI=1S/C10H13N3O2/c11-8-1-2-9(12-5-8)13-10(14)7-3-4-15-6-7/h1-2,5,7H,3-4,6,11H2,(H,12,13,14). The van der Waals surface area contributed by atoms with Crippen molar-refractivity contribution in [3.05, 3.63) is 18.3 Å². The molecule has 1 amide bonds. The topological polar surface area (TPSA) is 77.2 Å². The highest BCUT2D eigenvalue weighted by Crippen LogP contribution is 2.15. The zero-order valence-corrected chi connectivity index (χ0v) is 8.27. The molecule has 1 atom stereocenters. The minimum Gasteiger partial charge on any atom is -0.397 e. The predicted octanol–water partition coefficient (Wildman–Crippen LogP) is 0.639. The quantitative estimate of drug-likeness (QED) is 0.746. The molecule has 1 aromatic heterocycles. The summed E-state index contributed by atoms with van der Waals surface area (Å²) in [6.45, 7) is 1.16. The Morgan fingerprint density at radius 1 is 1.60 bits per heavy atom. The third kappa shape index (κ3) is 2.44. The number of nitrogen functional groups attached to an aromatic ring is 1. The minimum absolute atomic E-state index is 0.0372. The number of nitrogens with two attached hydrogens (primary N) is 1. The molecule has 0 bridgehead atoms. The highest BCUT2D eigenvalue weighted by Gasteiger charge is 2.23. The molecule has 0 radical (unpaired) electrons. The molecule has 0 saturated carbocycles. The lowest BCUT2D eigenvalue weighted by Crippen LogP contribution is -2.23. The van der Waals surface area contributed by atoms with Crippen molar-refractivity contribution in [2.45, 2.75) is 6.42 Å². The first-order chi connectivity index (χ1) is 7.25. The van der Waals surface area contributed by atoms with Gasteiger partial charge in [-0.1, -0.05) is 0 Å². The average molecular weight is 207 g/mol. The van der Waals surface area contributed by atoms with Gasteiger partial charge in [0.2, 0.25) is 5.91 Å². The fraction of sp³-hybridized carbons (Fsp3) is 0.400. The molecule has 0 spiro atoms. The van der Waals surface area contributed by atoms with Gasteiger partial charge in [-0.3, -0.25) is 4.79 Å². The molecule has 15 heavy (non-hydrogen) atoms. The number of hydrogen-bond acceptors (Lipinski definition) is 4. The number of carbonyl (C=O) groups is 1. The molecule has 1 aliphatic rings. The summed E-state index contributed by atoms with van der Waals surface area (Å²) in [4.78, 5) is 15.6. The largest absolute Gasteiger partial charge is 0.397 e. The van der Waals surface area contributed by atoms with E-state index in [4.69, 9.17) is 10.5 Å². The van der Waals surface area contributed by atoms with Crippen LogP contribution in [-0.4, -0.2) is 24.1 Å². The molecule has 5 nitrogen and oxygen atoms in total. The minimum atomic E-state index is -0.0515. The van der Waals surface area contributed by atoms with Crippen LogP contribution in [0.1, 0.15) is 6.42 Å². The van der Waals surface area contributed by atoms with E-state index in [2.05, 4.69) is 10.3 Å². The summed E-state index contributed by atoms with van der Waals surface area (Å²) < 4.78 is 5.13. The van der Waals surface area contributed by atoms with Gasteiger partial charge in [-0.2, -0.15) is 0 Å². The Morgan fingerprint density at radius 3 is 3.07 bits per heavy atom. The number of hydrogen-bond donors (Lipinski definition) is 2. The maximum Gasteiger partial charge on any atom is 0.231 e. The van der Waals surface area contributed by atoms with Gasteiger partial charge in [-0.05, 0) is 18.6 Å². The van der Waals surface area contributed by atoms with Gasteiger partial charge in [0.25, 0.3) is 0 Å². The smallest absolute Gasteiger partial charge is 0.231 e. The summed E-state index contributed by atoms with van der Waals surface area (Å²) >= 11 is 0. The SMILES string of the molecule is Nc1ccc(NC(=O)C2CCOC2)nc1. The molecular weight excluding hydrogens is 194 g/mol. The first kappa shape index (κ1) is 9.92. The first-order valence-corrected chi connectivity index (χ1v) is 4.86. The van der Waals surface area contributed by atoms with Crippen molar-refractivity contribution in [1.29, 1.82) is 0 Å². The van der Waals surface area contributed by atoms with E-state index < -0.39 is 0 Å². The van der Waals surface area contributed by atoms with Crippen molar-refractivity contribution in [2.75, 3.05) is 24.3 Å². The Bertz CT molecular complexity index is 344. The molecule has 1 saturated heterocycles. The first-order valence-electron chi connectivity index (χ1n) is 4.86. The van der Waals surface area contributed by atoms with Crippen LogP contribution in [0.4, 0.5) is 11.5 Å². The van der Waals surface area contributed by atoms with Gasteiger partial charge < -0.3 is 15.8 Å². The number of carbonyl (C=O) groups excluding carboxylic acids is 1. The van der Waals surface area contributed by atoms with E-state index >= 15 is 0 Å². The summed E-state index contributed by atoms with van der Waals surface area (Å²) in [6, 6.07) is 3.39. The molecule has 0 aliphatic carbocycles. The third-order valence-electron chi connectivity index (χ3n) is 2.34. The number of ether oxygens (including phenoxy) is 1. The highest BCUT2D eigenvalue weighted by molar-refractivity contribution is 5.91. The number of amides is 1. The van der Waals surface area contributed by atoms with Crippen molar-refractivity contribution >= 4 is 17.4 Å². The van der Waals surface area contributed by atoms with Crippen molar-refractivity contribution in [2.24, 2.45) is 5.92 Å². The number of rotatable bonds is 2. The fourth-order valence-corrected chi connectivity index (χ4v) is 1.45. The van der Waals surface area contributed by atoms with Crippen LogP contribution in [0.2, 0.25) is 0 Å². The van der Waals surface area contributed by atoms with E-state index in [0.29, 0.717) is 24.7 Å². The maximum atomic E-state index is 11.6. The molecule has 2 rings (SSSR count). The van der Waals surface area contributed by atoms with E-state index in [1.165, 1.54) is 6.20 Å². The van der Waals surface area contributed by atoms with Gasteiger partial charge >= 0.3 is 0 Å². The molecule has 1 aromatic rings. The molecule has 0 aromatic carbocycles. The van der Waals surface area contributed by atoms with E-state index in [-0.39, 0.29) is 11.8 Å². The maximum absolute atomic E-state index is 11.6. The Hall–Kier alpha value is -1.62. The average Bonchev–Trinajstić information content (AvgIpc) is 2.74. The number of anilines is 2. The Labute approximate surface area is 87.6 Å². The summed E-state index contributed by atoms with van der Waals surface area (Å²) in [5.41, 5.74) is 6.07. The molecule has 1 fully saturated rings. The summed E-state index contributed by atoms with van der Waals surface area (Å²) in [6.07, 6.45) is 2.29. The molecular formula is C10H13N3O2. The van der Waals surface area contributed by atoms with Gasteiger partial charge in [0.1, 0.15) is 5.82 Å². The Kier molecular flexibility index (Phi) is 2.82. The van der Waals surface area contributed by atoms with Crippen LogP contribution in [0.3, 0.4) is 0 Å². The summed E-state index contributed by atoms with van der Waals surface area (Å²) in [5, 5.41) is 2.73. The predicted molar refractivity (Wildman–Crippen MR) is 56.2 cm³/mol. The molecule has 2 heterocycles. The summed E-state index contributed by atoms with van der Waals surface area (Å²) in [7, 11) is 0. The van der Waals surface area contributed by atoms with E-state index in [1.54, 1.807) is 12.1 Å². The second kappa shape index (κ2) is 4.27. The van der Waals surface area contributed by atoms with Crippen LogP contribution >= 0.6 is 0 Å². The molecule has 80 valence electrons. The molecule has 1 aliphatic heterocycles. The van der Waals surface area contributed by atoms with Crippen molar-refractivity contribution < 1.29 is 9.53 Å². The molecule has 5 heteroatoms. The van der Waals surface area contributed by atoms with Gasteiger partial charge in [-0.25, -0.2) is 4.98 Å². The van der Waals surface area contributed by atoms with Crippen molar-refractivity contribution in [1.82, 2.24) is 4.98 Å². The van der Waals surface area contributed by atoms with E-state index in [0.717, 1.165) is 6.42 Å². The monoisotopic (exact) mass is 207 g/mol. The lowest BCUT2D eigenvalue weighted by atomic mass is 10.1. The highest BCUT2D eigenvalue weighted by atomic mass is 16.5. The fourth-order valence-electron chi connectivity index (χ4n) is 1.45. The second-order valence-electron chi connectivity index (χ2n) is 3.53. The van der Waals surface area contributed by atoms with Crippen LogP contribution in [0.5, 0.6) is 0 Å². The van der Waals surface area contributed by atoms with E-state index in [9.17, 15) is 4.79 Å². The van der Waals surface area contributed by atoms with Crippen molar-refractivity contribution in [3.8, 4) is 0 Å². The van der Waals surface area contributed by atoms with Crippen molar-refractivity contribution in [3.63, 3.8) is 0 Å². The second-order valence-corrected chi connectivity index (χ2v) is 3.53. The Balaban J connectivity index is 1.96. The number of aromatic nitrogens is 1. The zero-order valence-electron chi connectivity index (χ0n) is 8.27.